The molecule has 0 aliphatic heterocycles. The molecule has 0 unspecified atom stereocenters. The Hall–Kier alpha value is -1.84. The van der Waals surface area contributed by atoms with Crippen LogP contribution in [-0.4, -0.2) is 18.5 Å². The molecule has 90 valence electrons. The Morgan fingerprint density at radius 3 is 2.94 bits per heavy atom. The van der Waals surface area contributed by atoms with E-state index in [4.69, 9.17) is 10.6 Å². The number of hydrogen-bond donors (Lipinski definition) is 2. The van der Waals surface area contributed by atoms with E-state index in [0.717, 1.165) is 0 Å². The highest BCUT2D eigenvalue weighted by atomic mass is 32.1. The first-order valence-electron chi connectivity index (χ1n) is 4.92. The Balaban J connectivity index is 2.58. The molecule has 0 spiro atoms. The van der Waals surface area contributed by atoms with Gasteiger partial charge in [0.15, 0.2) is 0 Å². The Morgan fingerprint density at radius 2 is 2.29 bits per heavy atom. The first kappa shape index (κ1) is 13.2. The van der Waals surface area contributed by atoms with E-state index in [2.05, 4.69) is 11.8 Å². The molecule has 5 nitrogen and oxygen atoms in total. The van der Waals surface area contributed by atoms with Crippen molar-refractivity contribution in [2.24, 2.45) is 5.84 Å². The lowest BCUT2D eigenvalue weighted by Crippen LogP contribution is -2.29. The third kappa shape index (κ3) is 4.26. The van der Waals surface area contributed by atoms with E-state index < -0.39 is 0 Å². The first-order chi connectivity index (χ1) is 8.17. The molecule has 1 rings (SSSR count). The quantitative estimate of drug-likeness (QED) is 0.272. The first-order valence-corrected chi connectivity index (χ1v) is 5.74. The predicted octanol–water partition coefficient (Wildman–Crippen LogP) is 0.656. The monoisotopic (exact) mass is 252 g/mol. The van der Waals surface area contributed by atoms with Crippen molar-refractivity contribution in [1.29, 1.82) is 0 Å². The fourth-order valence-electron chi connectivity index (χ4n) is 1.01. The van der Waals surface area contributed by atoms with Gasteiger partial charge in [0.25, 0.3) is 5.91 Å². The molecule has 6 heteroatoms. The average Bonchev–Trinajstić information content (AvgIpc) is 2.77. The smallest absolute Gasteiger partial charge is 0.317 e. The lowest BCUT2D eigenvalue weighted by molar-refractivity contribution is -0.141. The van der Waals surface area contributed by atoms with Crippen molar-refractivity contribution in [1.82, 2.24) is 5.43 Å². The Kier molecular flexibility index (Phi) is 5.20. The molecule has 0 bridgehead atoms. The maximum atomic E-state index is 11.1. The zero-order chi connectivity index (χ0) is 12.7. The number of nitrogens with one attached hydrogen (secondary N) is 1. The highest BCUT2D eigenvalue weighted by Gasteiger charge is 2.05. The lowest BCUT2D eigenvalue weighted by atomic mass is 10.4. The van der Waals surface area contributed by atoms with Crippen molar-refractivity contribution in [3.05, 3.63) is 21.9 Å². The molecule has 0 aliphatic rings. The molecule has 0 atom stereocenters. The van der Waals surface area contributed by atoms with Crippen LogP contribution in [0.1, 0.15) is 27.9 Å². The maximum Gasteiger partial charge on any atom is 0.317 e. The number of carbonyl (C=O) groups is 2. The number of nitrogens with two attached hydrogens (primary N) is 1. The summed E-state index contributed by atoms with van der Waals surface area (Å²) in [5.41, 5.74) is 2.03. The minimum Gasteiger partial charge on any atom is -0.465 e. The summed E-state index contributed by atoms with van der Waals surface area (Å²) in [4.78, 5) is 23.3. The van der Waals surface area contributed by atoms with Crippen LogP contribution >= 0.6 is 11.3 Å². The molecule has 0 radical (unpaired) electrons. The molecule has 17 heavy (non-hydrogen) atoms. The van der Waals surface area contributed by atoms with Gasteiger partial charge in [-0.15, -0.1) is 11.3 Å². The van der Waals surface area contributed by atoms with Gasteiger partial charge in [0.2, 0.25) is 0 Å². The number of hydrogen-bond acceptors (Lipinski definition) is 5. The van der Waals surface area contributed by atoms with Crippen LogP contribution in [-0.2, 0) is 9.53 Å². The van der Waals surface area contributed by atoms with Crippen molar-refractivity contribution in [3.8, 4) is 11.8 Å². The summed E-state index contributed by atoms with van der Waals surface area (Å²) in [6, 6.07) is 3.33. The molecule has 0 aliphatic carbocycles. The summed E-state index contributed by atoms with van der Waals surface area (Å²) >= 11 is 1.21. The van der Waals surface area contributed by atoms with Gasteiger partial charge in [0, 0.05) is 0 Å². The third-order valence-corrected chi connectivity index (χ3v) is 2.71. The second-order valence-corrected chi connectivity index (χ2v) is 4.00. The Bertz CT molecular complexity index is 471. The number of esters is 1. The standard InChI is InChI=1S/C11H12N2O3S/c1-2-16-10(14)5-3-4-8-6-7-9(17-8)11(15)13-12/h6-7H,2,5,12H2,1H3,(H,13,15). The maximum absolute atomic E-state index is 11.1. The van der Waals surface area contributed by atoms with Crippen LogP contribution in [0.2, 0.25) is 0 Å². The number of carbonyl (C=O) groups excluding carboxylic acids is 2. The van der Waals surface area contributed by atoms with Gasteiger partial charge < -0.3 is 4.74 Å². The zero-order valence-corrected chi connectivity index (χ0v) is 10.1. The van der Waals surface area contributed by atoms with E-state index in [0.29, 0.717) is 16.4 Å². The van der Waals surface area contributed by atoms with Crippen molar-refractivity contribution in [3.63, 3.8) is 0 Å². The van der Waals surface area contributed by atoms with Crippen molar-refractivity contribution >= 4 is 23.2 Å². The van der Waals surface area contributed by atoms with Gasteiger partial charge in [-0.05, 0) is 19.1 Å². The summed E-state index contributed by atoms with van der Waals surface area (Å²) in [6.45, 7) is 2.09. The minimum absolute atomic E-state index is 0.0458. The van der Waals surface area contributed by atoms with Crippen LogP contribution in [0.25, 0.3) is 0 Å². The van der Waals surface area contributed by atoms with Crippen LogP contribution in [0, 0.1) is 11.8 Å². The fourth-order valence-corrected chi connectivity index (χ4v) is 1.80. The summed E-state index contributed by atoms with van der Waals surface area (Å²) in [6.07, 6.45) is 0.0458. The van der Waals surface area contributed by atoms with E-state index in [1.54, 1.807) is 19.1 Å². The molecule has 1 aromatic heterocycles. The number of amides is 1. The number of hydrazine groups is 1. The molecule has 3 N–H and O–H groups in total. The van der Waals surface area contributed by atoms with Crippen LogP contribution in [0.3, 0.4) is 0 Å². The normalized spacial score (nSPS) is 9.06. The van der Waals surface area contributed by atoms with E-state index in [1.807, 2.05) is 5.43 Å². The van der Waals surface area contributed by atoms with Crippen molar-refractivity contribution in [2.75, 3.05) is 6.61 Å². The van der Waals surface area contributed by atoms with Gasteiger partial charge in [-0.1, -0.05) is 11.8 Å². The highest BCUT2D eigenvalue weighted by Crippen LogP contribution is 2.14. The molecule has 1 heterocycles. The summed E-state index contributed by atoms with van der Waals surface area (Å²) < 4.78 is 4.72. The molecule has 1 aromatic rings. The number of rotatable bonds is 3. The molecule has 0 fully saturated rings. The van der Waals surface area contributed by atoms with Crippen LogP contribution < -0.4 is 11.3 Å². The van der Waals surface area contributed by atoms with E-state index in [1.165, 1.54) is 11.3 Å². The van der Waals surface area contributed by atoms with Gasteiger partial charge in [-0.25, -0.2) is 5.84 Å². The minimum atomic E-state index is -0.353. The SMILES string of the molecule is CCOC(=O)CC#Cc1ccc(C(=O)NN)s1. The number of ether oxygens (including phenoxy) is 1. The zero-order valence-electron chi connectivity index (χ0n) is 9.28. The highest BCUT2D eigenvalue weighted by molar-refractivity contribution is 7.14. The second-order valence-electron chi connectivity index (χ2n) is 2.92. The van der Waals surface area contributed by atoms with Crippen molar-refractivity contribution < 1.29 is 14.3 Å². The Morgan fingerprint density at radius 1 is 1.53 bits per heavy atom. The van der Waals surface area contributed by atoms with E-state index >= 15 is 0 Å². The van der Waals surface area contributed by atoms with Crippen LogP contribution in [0.4, 0.5) is 0 Å². The number of nitrogen functional groups attached to an aromatic ring is 1. The van der Waals surface area contributed by atoms with E-state index in [-0.39, 0.29) is 18.3 Å². The number of thiophene rings is 1. The predicted molar refractivity (Wildman–Crippen MR) is 64.1 cm³/mol. The second kappa shape index (κ2) is 6.68. The Labute approximate surface area is 103 Å². The van der Waals surface area contributed by atoms with Gasteiger partial charge in [-0.2, -0.15) is 0 Å². The largest absolute Gasteiger partial charge is 0.465 e. The van der Waals surface area contributed by atoms with Gasteiger partial charge in [0.1, 0.15) is 6.42 Å². The molecule has 0 saturated carbocycles. The van der Waals surface area contributed by atoms with Gasteiger partial charge in [0.05, 0.1) is 16.4 Å². The summed E-state index contributed by atoms with van der Waals surface area (Å²) in [5, 5.41) is 0. The summed E-state index contributed by atoms with van der Waals surface area (Å²) in [5.74, 6) is 9.75. The topological polar surface area (TPSA) is 81.4 Å². The fraction of sp³-hybridized carbons (Fsp3) is 0.273. The average molecular weight is 252 g/mol. The van der Waals surface area contributed by atoms with Gasteiger partial charge >= 0.3 is 5.97 Å². The summed E-state index contributed by atoms with van der Waals surface area (Å²) in [7, 11) is 0. The molecule has 0 saturated heterocycles. The third-order valence-electron chi connectivity index (χ3n) is 1.71. The molecule has 1 amide bonds. The van der Waals surface area contributed by atoms with Gasteiger partial charge in [-0.3, -0.25) is 15.0 Å². The molecule has 0 aromatic carbocycles. The molecular formula is C11H12N2O3S. The van der Waals surface area contributed by atoms with Crippen molar-refractivity contribution in [2.45, 2.75) is 13.3 Å². The van der Waals surface area contributed by atoms with Crippen LogP contribution in [0.5, 0.6) is 0 Å². The lowest BCUT2D eigenvalue weighted by Gasteiger charge is -1.94. The van der Waals surface area contributed by atoms with Crippen LogP contribution in [0.15, 0.2) is 12.1 Å². The molecular weight excluding hydrogens is 240 g/mol. The van der Waals surface area contributed by atoms with E-state index in [9.17, 15) is 9.59 Å².